The van der Waals surface area contributed by atoms with Crippen molar-refractivity contribution >= 4 is 11.8 Å². The van der Waals surface area contributed by atoms with E-state index in [1.807, 2.05) is 20.0 Å². The fraction of sp³-hybridized carbons (Fsp3) is 0.429. The molecule has 3 heteroatoms. The van der Waals surface area contributed by atoms with Gasteiger partial charge in [0.25, 0.3) is 0 Å². The molecule has 92 valence electrons. The zero-order valence-electron chi connectivity index (χ0n) is 10.9. The lowest BCUT2D eigenvalue weighted by Gasteiger charge is -2.20. The maximum absolute atomic E-state index is 5.41. The maximum atomic E-state index is 5.41. The van der Waals surface area contributed by atoms with Crippen LogP contribution in [-0.4, -0.2) is 31.4 Å². The van der Waals surface area contributed by atoms with Crippen LogP contribution in [-0.2, 0) is 6.54 Å². The van der Waals surface area contributed by atoms with Gasteiger partial charge in [0.2, 0.25) is 0 Å². The molecule has 0 aromatic heterocycles. The van der Waals surface area contributed by atoms with E-state index in [1.54, 1.807) is 18.9 Å². The van der Waals surface area contributed by atoms with Crippen LogP contribution in [0.5, 0.6) is 5.75 Å². The van der Waals surface area contributed by atoms with Crippen molar-refractivity contribution in [2.45, 2.75) is 24.4 Å². The molecule has 0 bridgehead atoms. The van der Waals surface area contributed by atoms with Gasteiger partial charge < -0.3 is 4.74 Å². The smallest absolute Gasteiger partial charge is 0.132 e. The molecule has 1 atom stereocenters. The Bertz CT molecular complexity index is 411. The minimum atomic E-state index is 0.148. The van der Waals surface area contributed by atoms with E-state index in [4.69, 9.17) is 11.2 Å². The molecule has 0 N–H and O–H groups in total. The third-order valence-corrected chi connectivity index (χ3v) is 3.54. The number of thioether (sulfide) groups is 1. The predicted molar refractivity (Wildman–Crippen MR) is 74.5 cm³/mol. The molecule has 0 aliphatic rings. The molecular formula is C14H19NOS. The van der Waals surface area contributed by atoms with E-state index >= 15 is 0 Å². The van der Waals surface area contributed by atoms with E-state index < -0.39 is 0 Å². The zero-order chi connectivity index (χ0) is 12.8. The minimum absolute atomic E-state index is 0.148. The standard InChI is InChI=1S/C14H19NOS/c1-6-11(2)15(3)10-12-7-8-13(16-4)14(9-12)17-5/h1,7-9,11H,10H2,2-5H3/t11-/m0/s1. The predicted octanol–water partition coefficient (Wildman–Crippen LogP) is 2.87. The minimum Gasteiger partial charge on any atom is -0.496 e. The molecule has 0 saturated carbocycles. The SMILES string of the molecule is C#C[C@H](C)N(C)Cc1ccc(OC)c(SC)c1. The largest absolute Gasteiger partial charge is 0.496 e. The van der Waals surface area contributed by atoms with Crippen molar-refractivity contribution in [3.05, 3.63) is 23.8 Å². The van der Waals surface area contributed by atoms with Crippen molar-refractivity contribution in [3.63, 3.8) is 0 Å². The normalized spacial score (nSPS) is 12.2. The first-order chi connectivity index (χ1) is 8.12. The lowest BCUT2D eigenvalue weighted by Crippen LogP contribution is -2.26. The van der Waals surface area contributed by atoms with Crippen molar-refractivity contribution in [3.8, 4) is 18.1 Å². The first kappa shape index (κ1) is 14.0. The van der Waals surface area contributed by atoms with E-state index in [0.29, 0.717) is 0 Å². The molecule has 0 fully saturated rings. The molecule has 0 amide bonds. The molecule has 1 rings (SSSR count). The van der Waals surface area contributed by atoms with Gasteiger partial charge in [-0.1, -0.05) is 12.0 Å². The number of rotatable bonds is 5. The lowest BCUT2D eigenvalue weighted by molar-refractivity contribution is 0.296. The van der Waals surface area contributed by atoms with Crippen molar-refractivity contribution in [1.29, 1.82) is 0 Å². The first-order valence-corrected chi connectivity index (χ1v) is 6.72. The van der Waals surface area contributed by atoms with Gasteiger partial charge in [0.1, 0.15) is 5.75 Å². The van der Waals surface area contributed by atoms with Gasteiger partial charge in [-0.05, 0) is 37.9 Å². The van der Waals surface area contributed by atoms with Crippen molar-refractivity contribution in [2.24, 2.45) is 0 Å². The molecule has 1 aromatic rings. The van der Waals surface area contributed by atoms with Crippen LogP contribution in [0, 0.1) is 12.3 Å². The van der Waals surface area contributed by atoms with Gasteiger partial charge in [-0.15, -0.1) is 18.2 Å². The Kier molecular flexibility index (Phi) is 5.40. The fourth-order valence-electron chi connectivity index (χ4n) is 1.53. The number of nitrogens with zero attached hydrogens (tertiary/aromatic N) is 1. The van der Waals surface area contributed by atoms with Crippen LogP contribution in [0.2, 0.25) is 0 Å². The summed E-state index contributed by atoms with van der Waals surface area (Å²) in [6.07, 6.45) is 7.46. The molecule has 0 heterocycles. The molecule has 0 spiro atoms. The monoisotopic (exact) mass is 249 g/mol. The fourth-order valence-corrected chi connectivity index (χ4v) is 2.15. The van der Waals surface area contributed by atoms with E-state index in [1.165, 1.54) is 5.56 Å². The average molecular weight is 249 g/mol. The highest BCUT2D eigenvalue weighted by Gasteiger charge is 2.08. The van der Waals surface area contributed by atoms with Crippen LogP contribution in [0.25, 0.3) is 0 Å². The van der Waals surface area contributed by atoms with Gasteiger partial charge in [0, 0.05) is 11.4 Å². The summed E-state index contributed by atoms with van der Waals surface area (Å²) in [5, 5.41) is 0. The summed E-state index contributed by atoms with van der Waals surface area (Å²) in [5.41, 5.74) is 1.25. The molecule has 0 aliphatic carbocycles. The maximum Gasteiger partial charge on any atom is 0.132 e. The Morgan fingerprint density at radius 2 is 2.24 bits per heavy atom. The molecule has 0 aliphatic heterocycles. The van der Waals surface area contributed by atoms with Crippen LogP contribution in [0.1, 0.15) is 12.5 Å². The van der Waals surface area contributed by atoms with Gasteiger partial charge in [0.05, 0.1) is 13.2 Å². The van der Waals surface area contributed by atoms with Crippen LogP contribution < -0.4 is 4.74 Å². The second kappa shape index (κ2) is 6.58. The second-order valence-corrected chi connectivity index (χ2v) is 4.80. The van der Waals surface area contributed by atoms with Gasteiger partial charge >= 0.3 is 0 Å². The molecule has 0 radical (unpaired) electrons. The molecule has 0 saturated heterocycles. The van der Waals surface area contributed by atoms with E-state index in [-0.39, 0.29) is 6.04 Å². The summed E-state index contributed by atoms with van der Waals surface area (Å²) in [6.45, 7) is 2.88. The third-order valence-electron chi connectivity index (χ3n) is 2.78. The van der Waals surface area contributed by atoms with Crippen LogP contribution >= 0.6 is 11.8 Å². The van der Waals surface area contributed by atoms with E-state index in [9.17, 15) is 0 Å². The summed E-state index contributed by atoms with van der Waals surface area (Å²) >= 11 is 1.69. The quantitative estimate of drug-likeness (QED) is 0.588. The molecule has 2 nitrogen and oxygen atoms in total. The van der Waals surface area contributed by atoms with E-state index in [0.717, 1.165) is 17.2 Å². The highest BCUT2D eigenvalue weighted by molar-refractivity contribution is 7.98. The summed E-state index contributed by atoms with van der Waals surface area (Å²) in [5.74, 6) is 3.66. The Morgan fingerprint density at radius 1 is 1.53 bits per heavy atom. The first-order valence-electron chi connectivity index (χ1n) is 5.49. The Morgan fingerprint density at radius 3 is 2.76 bits per heavy atom. The number of hydrogen-bond donors (Lipinski definition) is 0. The number of methoxy groups -OCH3 is 1. The van der Waals surface area contributed by atoms with Crippen molar-refractivity contribution in [1.82, 2.24) is 4.90 Å². The Labute approximate surface area is 108 Å². The highest BCUT2D eigenvalue weighted by atomic mass is 32.2. The summed E-state index contributed by atoms with van der Waals surface area (Å²) in [7, 11) is 3.73. The van der Waals surface area contributed by atoms with Crippen LogP contribution in [0.4, 0.5) is 0 Å². The molecular weight excluding hydrogens is 230 g/mol. The number of terminal acetylenes is 1. The van der Waals surface area contributed by atoms with E-state index in [2.05, 4.69) is 29.2 Å². The number of hydrogen-bond acceptors (Lipinski definition) is 3. The average Bonchev–Trinajstić information content (AvgIpc) is 2.37. The van der Waals surface area contributed by atoms with Crippen molar-refractivity contribution < 1.29 is 4.74 Å². The van der Waals surface area contributed by atoms with Gasteiger partial charge in [0.15, 0.2) is 0 Å². The molecule has 1 aromatic carbocycles. The van der Waals surface area contributed by atoms with Gasteiger partial charge in [-0.25, -0.2) is 0 Å². The number of benzene rings is 1. The third kappa shape index (κ3) is 3.69. The summed E-state index contributed by atoms with van der Waals surface area (Å²) in [6, 6.07) is 6.40. The molecule has 0 unspecified atom stereocenters. The van der Waals surface area contributed by atoms with Gasteiger partial charge in [-0.2, -0.15) is 0 Å². The van der Waals surface area contributed by atoms with Crippen molar-refractivity contribution in [2.75, 3.05) is 20.4 Å². The Balaban J connectivity index is 2.83. The summed E-state index contributed by atoms with van der Waals surface area (Å²) in [4.78, 5) is 3.30. The molecule has 17 heavy (non-hydrogen) atoms. The second-order valence-electron chi connectivity index (χ2n) is 3.95. The van der Waals surface area contributed by atoms with Crippen LogP contribution in [0.3, 0.4) is 0 Å². The Hall–Kier alpha value is -1.11. The zero-order valence-corrected chi connectivity index (χ0v) is 11.7. The van der Waals surface area contributed by atoms with Crippen LogP contribution in [0.15, 0.2) is 23.1 Å². The number of ether oxygens (including phenoxy) is 1. The summed E-state index contributed by atoms with van der Waals surface area (Å²) < 4.78 is 5.30. The lowest BCUT2D eigenvalue weighted by atomic mass is 10.2. The van der Waals surface area contributed by atoms with Gasteiger partial charge in [-0.3, -0.25) is 4.90 Å². The topological polar surface area (TPSA) is 12.5 Å². The highest BCUT2D eigenvalue weighted by Crippen LogP contribution is 2.28.